The third-order valence-corrected chi connectivity index (χ3v) is 3.48. The van der Waals surface area contributed by atoms with E-state index < -0.39 is 0 Å². The van der Waals surface area contributed by atoms with Gasteiger partial charge in [-0.2, -0.15) is 0 Å². The average molecular weight is 221 g/mol. The maximum Gasteiger partial charge on any atom is 0.203 e. The summed E-state index contributed by atoms with van der Waals surface area (Å²) in [6.07, 6.45) is 5.96. The lowest BCUT2D eigenvalue weighted by atomic mass is 9.90. The Balaban J connectivity index is 2.03. The van der Waals surface area contributed by atoms with Crippen LogP contribution in [0.3, 0.4) is 0 Å². The van der Waals surface area contributed by atoms with Crippen molar-refractivity contribution in [3.63, 3.8) is 0 Å². The molecule has 0 amide bonds. The first-order chi connectivity index (χ1) is 7.52. The molecule has 2 rings (SSSR count). The zero-order valence-electron chi connectivity index (χ0n) is 10.9. The van der Waals surface area contributed by atoms with Crippen LogP contribution in [-0.4, -0.2) is 16.1 Å². The fraction of sp³-hybridized carbons (Fsp3) is 0.769. The summed E-state index contributed by atoms with van der Waals surface area (Å²) in [5, 5.41) is 3.50. The Morgan fingerprint density at radius 1 is 1.50 bits per heavy atom. The summed E-state index contributed by atoms with van der Waals surface area (Å²) in [5.41, 5.74) is 1.46. The van der Waals surface area contributed by atoms with Crippen LogP contribution in [0.5, 0.6) is 0 Å². The van der Waals surface area contributed by atoms with E-state index in [0.717, 1.165) is 18.2 Å². The molecule has 0 aliphatic heterocycles. The molecule has 0 bridgehead atoms. The largest absolute Gasteiger partial charge is 0.355 e. The molecule has 1 saturated carbocycles. The Morgan fingerprint density at radius 2 is 2.19 bits per heavy atom. The lowest BCUT2D eigenvalue weighted by Gasteiger charge is -2.23. The molecule has 16 heavy (non-hydrogen) atoms. The van der Waals surface area contributed by atoms with E-state index in [2.05, 4.69) is 48.8 Å². The predicted molar refractivity (Wildman–Crippen MR) is 67.8 cm³/mol. The Morgan fingerprint density at radius 3 is 2.75 bits per heavy atom. The predicted octanol–water partition coefficient (Wildman–Crippen LogP) is 3.37. The Kier molecular flexibility index (Phi) is 2.96. The number of hydrogen-bond donors (Lipinski definition) is 1. The van der Waals surface area contributed by atoms with Crippen molar-refractivity contribution in [1.29, 1.82) is 0 Å². The molecule has 3 nitrogen and oxygen atoms in total. The van der Waals surface area contributed by atoms with Crippen molar-refractivity contribution >= 4 is 5.95 Å². The third-order valence-electron chi connectivity index (χ3n) is 3.48. The van der Waals surface area contributed by atoms with Crippen LogP contribution in [0.25, 0.3) is 0 Å². The molecule has 1 N–H and O–H groups in total. The number of nitrogens with zero attached hydrogens (tertiary/aromatic N) is 2. The summed E-state index contributed by atoms with van der Waals surface area (Å²) < 4.78 is 2.31. The van der Waals surface area contributed by atoms with Crippen molar-refractivity contribution in [1.82, 2.24) is 9.55 Å². The molecule has 1 aliphatic rings. The summed E-state index contributed by atoms with van der Waals surface area (Å²) in [4.78, 5) is 4.56. The van der Waals surface area contributed by atoms with E-state index in [1.807, 2.05) is 0 Å². The summed E-state index contributed by atoms with van der Waals surface area (Å²) in [6, 6.07) is 0.702. The van der Waals surface area contributed by atoms with Crippen LogP contribution < -0.4 is 5.32 Å². The minimum Gasteiger partial charge on any atom is -0.355 e. The zero-order chi connectivity index (χ0) is 11.8. The maximum atomic E-state index is 4.56. The van der Waals surface area contributed by atoms with E-state index in [1.54, 1.807) is 0 Å². The second-order valence-electron chi connectivity index (χ2n) is 5.72. The summed E-state index contributed by atoms with van der Waals surface area (Å²) in [5.74, 6) is 1.06. The van der Waals surface area contributed by atoms with E-state index in [-0.39, 0.29) is 0 Å². The average Bonchev–Trinajstić information content (AvgIpc) is 3.00. The lowest BCUT2D eigenvalue weighted by molar-refractivity contribution is 0.375. The van der Waals surface area contributed by atoms with Gasteiger partial charge in [0.05, 0.1) is 5.69 Å². The van der Waals surface area contributed by atoms with E-state index in [4.69, 9.17) is 0 Å². The summed E-state index contributed by atoms with van der Waals surface area (Å²) in [7, 11) is 0. The van der Waals surface area contributed by atoms with Crippen molar-refractivity contribution in [3.8, 4) is 0 Å². The Bertz CT molecular complexity index is 361. The number of aromatic nitrogens is 2. The van der Waals surface area contributed by atoms with Gasteiger partial charge in [0.25, 0.3) is 0 Å². The molecule has 1 aromatic heterocycles. The zero-order valence-corrected chi connectivity index (χ0v) is 10.9. The van der Waals surface area contributed by atoms with Crippen molar-refractivity contribution in [3.05, 3.63) is 11.9 Å². The van der Waals surface area contributed by atoms with Crippen LogP contribution in [-0.2, 0) is 0 Å². The quantitative estimate of drug-likeness (QED) is 0.826. The fourth-order valence-corrected chi connectivity index (χ4v) is 1.72. The van der Waals surface area contributed by atoms with Gasteiger partial charge in [-0.25, -0.2) is 4.98 Å². The molecule has 0 spiro atoms. The highest BCUT2D eigenvalue weighted by molar-refractivity contribution is 5.31. The Hall–Kier alpha value is -0.990. The van der Waals surface area contributed by atoms with Crippen LogP contribution in [0, 0.1) is 12.3 Å². The van der Waals surface area contributed by atoms with Crippen LogP contribution >= 0.6 is 0 Å². The van der Waals surface area contributed by atoms with Gasteiger partial charge in [0.1, 0.15) is 0 Å². The molecule has 3 heteroatoms. The van der Waals surface area contributed by atoms with Gasteiger partial charge in [-0.3, -0.25) is 0 Å². The number of hydrogen-bond acceptors (Lipinski definition) is 2. The minimum absolute atomic E-state index is 0.342. The first-order valence-electron chi connectivity index (χ1n) is 6.31. The van der Waals surface area contributed by atoms with Gasteiger partial charge in [0.15, 0.2) is 0 Å². The van der Waals surface area contributed by atoms with E-state index >= 15 is 0 Å². The van der Waals surface area contributed by atoms with Gasteiger partial charge in [-0.1, -0.05) is 20.8 Å². The number of rotatable bonds is 5. The van der Waals surface area contributed by atoms with Gasteiger partial charge in [-0.05, 0) is 31.6 Å². The van der Waals surface area contributed by atoms with Gasteiger partial charge in [-0.15, -0.1) is 0 Å². The van der Waals surface area contributed by atoms with Crippen molar-refractivity contribution in [2.45, 2.75) is 53.0 Å². The highest BCUT2D eigenvalue weighted by Crippen LogP contribution is 2.37. The molecule has 0 radical (unpaired) electrons. The van der Waals surface area contributed by atoms with Crippen LogP contribution in [0.1, 0.15) is 51.8 Å². The van der Waals surface area contributed by atoms with Crippen molar-refractivity contribution in [2.24, 2.45) is 5.41 Å². The van der Waals surface area contributed by atoms with Gasteiger partial charge < -0.3 is 9.88 Å². The molecule has 1 aromatic rings. The standard InChI is InChI=1S/C13H23N3/c1-5-13(3,4)9-14-12-15-10(2)8-16(12)11-6-7-11/h8,11H,5-7,9H2,1-4H3,(H,14,15). The normalized spacial score (nSPS) is 16.5. The molecule has 0 unspecified atom stereocenters. The molecule has 0 saturated heterocycles. The first-order valence-corrected chi connectivity index (χ1v) is 6.31. The van der Waals surface area contributed by atoms with E-state index in [9.17, 15) is 0 Å². The molecular weight excluding hydrogens is 198 g/mol. The Labute approximate surface area is 98.3 Å². The minimum atomic E-state index is 0.342. The summed E-state index contributed by atoms with van der Waals surface area (Å²) in [6.45, 7) is 9.87. The van der Waals surface area contributed by atoms with Crippen molar-refractivity contribution in [2.75, 3.05) is 11.9 Å². The van der Waals surface area contributed by atoms with Crippen LogP contribution in [0.15, 0.2) is 6.20 Å². The second-order valence-corrected chi connectivity index (χ2v) is 5.72. The molecule has 1 heterocycles. The number of nitrogens with one attached hydrogen (secondary N) is 1. The third kappa shape index (κ3) is 2.57. The molecule has 90 valence electrons. The van der Waals surface area contributed by atoms with E-state index in [1.165, 1.54) is 19.3 Å². The fourth-order valence-electron chi connectivity index (χ4n) is 1.72. The van der Waals surface area contributed by atoms with Crippen molar-refractivity contribution < 1.29 is 0 Å². The highest BCUT2D eigenvalue weighted by Gasteiger charge is 2.26. The number of aryl methyl sites for hydroxylation is 1. The maximum absolute atomic E-state index is 4.56. The summed E-state index contributed by atoms with van der Waals surface area (Å²) >= 11 is 0. The molecule has 1 fully saturated rings. The number of anilines is 1. The van der Waals surface area contributed by atoms with Gasteiger partial charge in [0, 0.05) is 18.8 Å². The molecule has 0 aromatic carbocycles. The number of imidazole rings is 1. The SMILES string of the molecule is CCC(C)(C)CNc1nc(C)cn1C1CC1. The lowest BCUT2D eigenvalue weighted by Crippen LogP contribution is -2.23. The first kappa shape index (κ1) is 11.5. The van der Waals surface area contributed by atoms with Gasteiger partial charge in [0.2, 0.25) is 5.95 Å². The topological polar surface area (TPSA) is 29.9 Å². The smallest absolute Gasteiger partial charge is 0.203 e. The molecular formula is C13H23N3. The van der Waals surface area contributed by atoms with Crippen LogP contribution in [0.2, 0.25) is 0 Å². The monoisotopic (exact) mass is 221 g/mol. The second kappa shape index (κ2) is 4.11. The van der Waals surface area contributed by atoms with E-state index in [0.29, 0.717) is 11.5 Å². The molecule has 1 aliphatic carbocycles. The molecule has 0 atom stereocenters. The van der Waals surface area contributed by atoms with Gasteiger partial charge >= 0.3 is 0 Å². The highest BCUT2D eigenvalue weighted by atomic mass is 15.2. The van der Waals surface area contributed by atoms with Crippen LogP contribution in [0.4, 0.5) is 5.95 Å².